The lowest BCUT2D eigenvalue weighted by Gasteiger charge is -2.19. The maximum atomic E-state index is 12.5. The van der Waals surface area contributed by atoms with Crippen LogP contribution in [0.5, 0.6) is 0 Å². The van der Waals surface area contributed by atoms with Crippen LogP contribution in [-0.2, 0) is 38.6 Å². The maximum absolute atomic E-state index is 12.5. The average Bonchev–Trinajstić information content (AvgIpc) is 3.35. The molecule has 5 rings (SSSR count). The van der Waals surface area contributed by atoms with Crippen LogP contribution in [0.3, 0.4) is 0 Å². The number of hydrogen-bond acceptors (Lipinski definition) is 7. The van der Waals surface area contributed by atoms with E-state index in [0.29, 0.717) is 23.1 Å². The second-order valence-corrected chi connectivity index (χ2v) is 9.05. The first kappa shape index (κ1) is 18.5. The molecule has 29 heavy (non-hydrogen) atoms. The van der Waals surface area contributed by atoms with Crippen molar-refractivity contribution in [3.05, 3.63) is 26.6 Å². The fourth-order valence-electron chi connectivity index (χ4n) is 4.83. The van der Waals surface area contributed by atoms with Crippen molar-refractivity contribution in [2.75, 3.05) is 6.54 Å². The van der Waals surface area contributed by atoms with Gasteiger partial charge in [0.05, 0.1) is 17.2 Å². The quantitative estimate of drug-likeness (QED) is 0.601. The Labute approximate surface area is 170 Å². The largest absolute Gasteiger partial charge is 0.456 e. The lowest BCUT2D eigenvalue weighted by Crippen LogP contribution is -2.36. The van der Waals surface area contributed by atoms with E-state index in [1.54, 1.807) is 0 Å². The van der Waals surface area contributed by atoms with Crippen molar-refractivity contribution in [3.8, 4) is 0 Å². The number of nitrogens with zero attached hydrogens (tertiary/aromatic N) is 2. The smallest absolute Gasteiger partial charge is 0.326 e. The number of aromatic nitrogens is 2. The van der Waals surface area contributed by atoms with Crippen LogP contribution >= 0.6 is 11.3 Å². The Morgan fingerprint density at radius 2 is 1.83 bits per heavy atom. The minimum Gasteiger partial charge on any atom is -0.456 e. The summed E-state index contributed by atoms with van der Waals surface area (Å²) in [4.78, 5) is 59.6. The standard InChI is InChI=1S/C20H21N3O5S/c24-15(8-23-19(26)10-4-1-2-5-11(10)20(23)27)28-9-14-21-17(25)16-12-6-3-7-13(12)29-18(16)22-14/h10-11H,1-9H2,(H,21,22,25)/t10-,11-/m1/s1. The van der Waals surface area contributed by atoms with E-state index in [0.717, 1.165) is 42.6 Å². The molecular weight excluding hydrogens is 394 g/mol. The normalized spacial score (nSPS) is 23.5. The van der Waals surface area contributed by atoms with Crippen molar-refractivity contribution in [3.63, 3.8) is 0 Å². The summed E-state index contributed by atoms with van der Waals surface area (Å²) in [6, 6.07) is 0. The molecule has 9 heteroatoms. The van der Waals surface area contributed by atoms with Crippen LogP contribution in [0.4, 0.5) is 0 Å². The number of carbonyl (C=O) groups is 3. The predicted octanol–water partition coefficient (Wildman–Crippen LogP) is 1.69. The number of nitrogens with one attached hydrogen (secondary N) is 1. The van der Waals surface area contributed by atoms with Crippen molar-refractivity contribution in [1.29, 1.82) is 0 Å². The summed E-state index contributed by atoms with van der Waals surface area (Å²) in [6.45, 7) is -0.583. The van der Waals surface area contributed by atoms with Crippen molar-refractivity contribution < 1.29 is 19.1 Å². The number of likely N-dealkylation sites (tertiary alicyclic amines) is 1. The van der Waals surface area contributed by atoms with Gasteiger partial charge in [0.25, 0.3) is 5.56 Å². The molecule has 2 atom stereocenters. The Hall–Kier alpha value is -2.55. The Morgan fingerprint density at radius 3 is 2.55 bits per heavy atom. The molecule has 1 saturated carbocycles. The van der Waals surface area contributed by atoms with Crippen LogP contribution in [0.1, 0.15) is 48.4 Å². The Balaban J connectivity index is 1.26. The third-order valence-electron chi connectivity index (χ3n) is 6.21. The third kappa shape index (κ3) is 3.08. The topological polar surface area (TPSA) is 109 Å². The molecule has 1 saturated heterocycles. The first-order valence-electron chi connectivity index (χ1n) is 10.1. The van der Waals surface area contributed by atoms with E-state index in [4.69, 9.17) is 4.74 Å². The summed E-state index contributed by atoms with van der Waals surface area (Å²) in [5.74, 6) is -1.52. The first-order chi connectivity index (χ1) is 14.0. The van der Waals surface area contributed by atoms with E-state index in [2.05, 4.69) is 9.97 Å². The molecule has 0 spiro atoms. The zero-order chi connectivity index (χ0) is 20.1. The second-order valence-electron chi connectivity index (χ2n) is 7.97. The third-order valence-corrected chi connectivity index (χ3v) is 7.40. The summed E-state index contributed by atoms with van der Waals surface area (Å²) < 4.78 is 5.21. The van der Waals surface area contributed by atoms with Crippen LogP contribution in [0, 0.1) is 11.8 Å². The number of ether oxygens (including phenoxy) is 1. The molecule has 3 heterocycles. The molecule has 2 aliphatic carbocycles. The van der Waals surface area contributed by atoms with Gasteiger partial charge in [-0.05, 0) is 37.7 Å². The Kier molecular flexibility index (Phi) is 4.49. The highest BCUT2D eigenvalue weighted by Gasteiger charge is 2.48. The highest BCUT2D eigenvalue weighted by Crippen LogP contribution is 2.38. The zero-order valence-electron chi connectivity index (χ0n) is 15.9. The number of H-pyrrole nitrogens is 1. The second kappa shape index (κ2) is 7.05. The first-order valence-corrected chi connectivity index (χ1v) is 10.9. The molecule has 0 bridgehead atoms. The maximum Gasteiger partial charge on any atom is 0.326 e. The van der Waals surface area contributed by atoms with E-state index in [-0.39, 0.29) is 48.2 Å². The Bertz CT molecular complexity index is 1060. The van der Waals surface area contributed by atoms with E-state index >= 15 is 0 Å². The van der Waals surface area contributed by atoms with Crippen molar-refractivity contribution in [2.24, 2.45) is 11.8 Å². The van der Waals surface area contributed by atoms with Crippen LogP contribution in [0.15, 0.2) is 4.79 Å². The number of rotatable bonds is 4. The van der Waals surface area contributed by atoms with Gasteiger partial charge in [-0.2, -0.15) is 0 Å². The summed E-state index contributed by atoms with van der Waals surface area (Å²) in [7, 11) is 0. The monoisotopic (exact) mass is 415 g/mol. The number of esters is 1. The number of imide groups is 1. The summed E-state index contributed by atoms with van der Waals surface area (Å²) in [5, 5.41) is 0.647. The molecule has 2 aromatic heterocycles. The van der Waals surface area contributed by atoms with Gasteiger partial charge in [-0.15, -0.1) is 11.3 Å². The number of amides is 2. The van der Waals surface area contributed by atoms with E-state index in [1.165, 1.54) is 16.2 Å². The molecule has 1 N–H and O–H groups in total. The molecule has 8 nitrogen and oxygen atoms in total. The number of carbonyl (C=O) groups excluding carboxylic acids is 3. The van der Waals surface area contributed by atoms with Gasteiger partial charge in [0.15, 0.2) is 0 Å². The van der Waals surface area contributed by atoms with Gasteiger partial charge in [0.2, 0.25) is 11.8 Å². The lowest BCUT2D eigenvalue weighted by molar-refractivity contribution is -0.154. The molecule has 2 aromatic rings. The van der Waals surface area contributed by atoms with Gasteiger partial charge in [-0.25, -0.2) is 4.98 Å². The van der Waals surface area contributed by atoms with Gasteiger partial charge >= 0.3 is 5.97 Å². The minimum absolute atomic E-state index is 0.199. The SMILES string of the molecule is O=C(CN1C(=O)[C@@H]2CCCC[C@H]2C1=O)OCc1nc2sc3c(c2c(=O)[nH]1)CCC3. The number of aryl methyl sites for hydroxylation is 2. The highest BCUT2D eigenvalue weighted by atomic mass is 32.1. The molecule has 152 valence electrons. The van der Waals surface area contributed by atoms with Gasteiger partial charge in [0, 0.05) is 4.88 Å². The summed E-state index contributed by atoms with van der Waals surface area (Å²) >= 11 is 1.52. The molecule has 2 amide bonds. The van der Waals surface area contributed by atoms with Gasteiger partial charge in [-0.1, -0.05) is 12.8 Å². The van der Waals surface area contributed by atoms with Gasteiger partial charge in [0.1, 0.15) is 23.8 Å². The molecule has 0 unspecified atom stereocenters. The molecule has 1 aliphatic heterocycles. The van der Waals surface area contributed by atoms with Crippen LogP contribution in [0.2, 0.25) is 0 Å². The number of fused-ring (bicyclic) bond motifs is 4. The van der Waals surface area contributed by atoms with Gasteiger partial charge in [-0.3, -0.25) is 24.1 Å². The fraction of sp³-hybridized carbons (Fsp3) is 0.550. The van der Waals surface area contributed by atoms with Crippen molar-refractivity contribution >= 4 is 39.3 Å². The van der Waals surface area contributed by atoms with Crippen molar-refractivity contribution in [1.82, 2.24) is 14.9 Å². The van der Waals surface area contributed by atoms with E-state index < -0.39 is 5.97 Å². The summed E-state index contributed by atoms with van der Waals surface area (Å²) in [6.07, 6.45) is 6.21. The van der Waals surface area contributed by atoms with Crippen LogP contribution in [-0.4, -0.2) is 39.2 Å². The van der Waals surface area contributed by atoms with Crippen LogP contribution < -0.4 is 5.56 Å². The highest BCUT2D eigenvalue weighted by molar-refractivity contribution is 7.18. The van der Waals surface area contributed by atoms with E-state index in [9.17, 15) is 19.2 Å². The molecule has 2 fully saturated rings. The average molecular weight is 415 g/mol. The van der Waals surface area contributed by atoms with Gasteiger partial charge < -0.3 is 9.72 Å². The van der Waals surface area contributed by atoms with Crippen LogP contribution in [0.25, 0.3) is 10.2 Å². The molecule has 3 aliphatic rings. The number of hydrogen-bond donors (Lipinski definition) is 1. The molecule has 0 radical (unpaired) electrons. The molecule has 0 aromatic carbocycles. The zero-order valence-corrected chi connectivity index (χ0v) is 16.7. The van der Waals surface area contributed by atoms with Crippen molar-refractivity contribution in [2.45, 2.75) is 51.6 Å². The number of thiophene rings is 1. The minimum atomic E-state index is -0.679. The Morgan fingerprint density at radius 1 is 1.10 bits per heavy atom. The predicted molar refractivity (Wildman–Crippen MR) is 104 cm³/mol. The van der Waals surface area contributed by atoms with E-state index in [1.807, 2.05) is 0 Å². The summed E-state index contributed by atoms with van der Waals surface area (Å²) in [5.41, 5.74) is 0.879. The lowest BCUT2D eigenvalue weighted by atomic mass is 9.81. The number of aromatic amines is 1. The molecular formula is C20H21N3O5S. The fourth-order valence-corrected chi connectivity index (χ4v) is 6.11.